The molecule has 29 heavy (non-hydrogen) atoms. The lowest BCUT2D eigenvalue weighted by Crippen LogP contribution is -2.13. The average Bonchev–Trinajstić information content (AvgIpc) is 3.15. The van der Waals surface area contributed by atoms with Gasteiger partial charge in [0.15, 0.2) is 5.82 Å². The standard InChI is InChI=1S/C19H24N8O2/c1-14-10-21-19(22-11-15-12-23-26(2)13-15)24-18(14)27(25-20)16-4-6-17(7-5-16)29-9-8-28-3/h4-7,10,12-13,20H,8-9,11H2,1-3H3,(H,21,22,24). The Bertz CT molecular complexity index is 942. The molecule has 1 aromatic carbocycles. The third-order valence-electron chi connectivity index (χ3n) is 4.09. The zero-order valence-electron chi connectivity index (χ0n) is 16.7. The van der Waals surface area contributed by atoms with Gasteiger partial charge in [-0.25, -0.2) is 4.98 Å². The van der Waals surface area contributed by atoms with Crippen molar-refractivity contribution < 1.29 is 9.47 Å². The van der Waals surface area contributed by atoms with Crippen LogP contribution >= 0.6 is 0 Å². The van der Waals surface area contributed by atoms with Crippen molar-refractivity contribution in [2.45, 2.75) is 13.5 Å². The fraction of sp³-hybridized carbons (Fsp3) is 0.316. The summed E-state index contributed by atoms with van der Waals surface area (Å²) in [7, 11) is 3.50. The zero-order chi connectivity index (χ0) is 20.6. The molecule has 0 spiro atoms. The molecule has 2 heterocycles. The van der Waals surface area contributed by atoms with E-state index in [1.165, 1.54) is 5.01 Å². The van der Waals surface area contributed by atoms with Crippen LogP contribution in [0.4, 0.5) is 17.5 Å². The molecule has 152 valence electrons. The number of aromatic nitrogens is 4. The summed E-state index contributed by atoms with van der Waals surface area (Å²) in [6.07, 6.45) is 5.40. The number of nitrogens with zero attached hydrogens (tertiary/aromatic N) is 6. The number of hydrogen-bond donors (Lipinski definition) is 2. The van der Waals surface area contributed by atoms with E-state index in [1.807, 2.05) is 44.4 Å². The molecular weight excluding hydrogens is 372 g/mol. The minimum Gasteiger partial charge on any atom is -0.491 e. The molecule has 0 fully saturated rings. The fourth-order valence-electron chi connectivity index (χ4n) is 2.63. The number of benzene rings is 1. The molecule has 0 saturated carbocycles. The van der Waals surface area contributed by atoms with Crippen LogP contribution in [-0.2, 0) is 18.3 Å². The van der Waals surface area contributed by atoms with Crippen LogP contribution in [0.15, 0.2) is 48.1 Å². The van der Waals surface area contributed by atoms with E-state index in [2.05, 4.69) is 25.6 Å². The van der Waals surface area contributed by atoms with E-state index in [0.29, 0.717) is 43.0 Å². The third-order valence-corrected chi connectivity index (χ3v) is 4.09. The van der Waals surface area contributed by atoms with Gasteiger partial charge in [0.25, 0.3) is 0 Å². The van der Waals surface area contributed by atoms with Crippen LogP contribution in [0.3, 0.4) is 0 Å². The summed E-state index contributed by atoms with van der Waals surface area (Å²) < 4.78 is 12.3. The summed E-state index contributed by atoms with van der Waals surface area (Å²) in [5.74, 6) is 1.69. The van der Waals surface area contributed by atoms with Gasteiger partial charge in [-0.15, -0.1) is 0 Å². The Morgan fingerprint density at radius 2 is 2.00 bits per heavy atom. The molecule has 3 aromatic rings. The Labute approximate surface area is 169 Å². The summed E-state index contributed by atoms with van der Waals surface area (Å²) in [4.78, 5) is 8.86. The van der Waals surface area contributed by atoms with Crippen molar-refractivity contribution in [2.75, 3.05) is 30.6 Å². The lowest BCUT2D eigenvalue weighted by Gasteiger charge is -2.19. The van der Waals surface area contributed by atoms with E-state index in [9.17, 15) is 0 Å². The Morgan fingerprint density at radius 1 is 1.21 bits per heavy atom. The molecule has 2 aromatic heterocycles. The highest BCUT2D eigenvalue weighted by atomic mass is 16.5. The van der Waals surface area contributed by atoms with Gasteiger partial charge in [0, 0.05) is 44.2 Å². The maximum Gasteiger partial charge on any atom is 0.224 e. The largest absolute Gasteiger partial charge is 0.491 e. The second-order valence-corrected chi connectivity index (χ2v) is 6.32. The van der Waals surface area contributed by atoms with Gasteiger partial charge in [-0.3, -0.25) is 4.68 Å². The van der Waals surface area contributed by atoms with Crippen molar-refractivity contribution in [3.8, 4) is 5.75 Å². The number of ether oxygens (including phenoxy) is 2. The highest BCUT2D eigenvalue weighted by Gasteiger charge is 2.15. The van der Waals surface area contributed by atoms with Crippen molar-refractivity contribution in [3.63, 3.8) is 0 Å². The first-order chi connectivity index (χ1) is 14.1. The number of anilines is 3. The Morgan fingerprint density at radius 3 is 2.66 bits per heavy atom. The van der Waals surface area contributed by atoms with Crippen molar-refractivity contribution in [3.05, 3.63) is 54.0 Å². The Hall–Kier alpha value is -3.53. The lowest BCUT2D eigenvalue weighted by atomic mass is 10.2. The molecule has 0 amide bonds. The summed E-state index contributed by atoms with van der Waals surface area (Å²) in [5.41, 5.74) is 10.2. The van der Waals surface area contributed by atoms with Crippen LogP contribution in [0.5, 0.6) is 5.75 Å². The number of nitrogens with one attached hydrogen (secondary N) is 2. The van der Waals surface area contributed by atoms with E-state index in [-0.39, 0.29) is 0 Å². The van der Waals surface area contributed by atoms with Crippen LogP contribution in [0, 0.1) is 12.5 Å². The lowest BCUT2D eigenvalue weighted by molar-refractivity contribution is 0.146. The maximum absolute atomic E-state index is 7.64. The molecule has 3 rings (SSSR count). The van der Waals surface area contributed by atoms with Crippen LogP contribution in [0.1, 0.15) is 11.1 Å². The van der Waals surface area contributed by atoms with E-state index in [0.717, 1.165) is 11.1 Å². The number of aryl methyl sites for hydroxylation is 2. The topological polar surface area (TPSA) is 114 Å². The predicted molar refractivity (Wildman–Crippen MR) is 108 cm³/mol. The van der Waals surface area contributed by atoms with Crippen LogP contribution in [0.2, 0.25) is 0 Å². The van der Waals surface area contributed by atoms with Gasteiger partial charge in [0.05, 0.1) is 18.5 Å². The molecule has 0 saturated heterocycles. The summed E-state index contributed by atoms with van der Waals surface area (Å²) in [6, 6.07) is 7.29. The Balaban J connectivity index is 1.75. The van der Waals surface area contributed by atoms with E-state index in [4.69, 9.17) is 15.0 Å². The quantitative estimate of drug-likeness (QED) is 0.307. The number of rotatable bonds is 10. The monoisotopic (exact) mass is 396 g/mol. The summed E-state index contributed by atoms with van der Waals surface area (Å²) in [6.45, 7) is 3.41. The maximum atomic E-state index is 7.64. The molecule has 0 radical (unpaired) electrons. The van der Waals surface area contributed by atoms with E-state index < -0.39 is 0 Å². The first-order valence-corrected chi connectivity index (χ1v) is 9.05. The molecule has 0 unspecified atom stereocenters. The molecular formula is C19H24N8O2. The SMILES string of the molecule is COCCOc1ccc(N(N=N)c2nc(NCc3cnn(C)c3)ncc2C)cc1. The van der Waals surface area contributed by atoms with Gasteiger partial charge in [0.2, 0.25) is 5.95 Å². The summed E-state index contributed by atoms with van der Waals surface area (Å²) >= 11 is 0. The van der Waals surface area contributed by atoms with Gasteiger partial charge >= 0.3 is 0 Å². The van der Waals surface area contributed by atoms with Crippen molar-refractivity contribution in [1.29, 1.82) is 5.53 Å². The van der Waals surface area contributed by atoms with Gasteiger partial charge < -0.3 is 14.8 Å². The number of hydrogen-bond acceptors (Lipinski definition) is 8. The van der Waals surface area contributed by atoms with Gasteiger partial charge in [0.1, 0.15) is 12.4 Å². The second-order valence-electron chi connectivity index (χ2n) is 6.32. The van der Waals surface area contributed by atoms with Crippen molar-refractivity contribution >= 4 is 17.5 Å². The van der Waals surface area contributed by atoms with Crippen LogP contribution < -0.4 is 15.1 Å². The highest BCUT2D eigenvalue weighted by molar-refractivity contribution is 5.63. The first kappa shape index (κ1) is 20.2. The predicted octanol–water partition coefficient (Wildman–Crippen LogP) is 3.24. The van der Waals surface area contributed by atoms with Gasteiger partial charge in [-0.1, -0.05) is 5.22 Å². The fourth-order valence-corrected chi connectivity index (χ4v) is 2.63. The molecule has 0 aliphatic heterocycles. The third kappa shape index (κ3) is 5.26. The first-order valence-electron chi connectivity index (χ1n) is 9.05. The molecule has 10 heteroatoms. The minimum absolute atomic E-state index is 0.447. The van der Waals surface area contributed by atoms with Crippen molar-refractivity contribution in [2.24, 2.45) is 12.3 Å². The smallest absolute Gasteiger partial charge is 0.224 e. The van der Waals surface area contributed by atoms with E-state index in [1.54, 1.807) is 24.2 Å². The highest BCUT2D eigenvalue weighted by Crippen LogP contribution is 2.29. The number of methoxy groups -OCH3 is 1. The van der Waals surface area contributed by atoms with Crippen LogP contribution in [-0.4, -0.2) is 40.1 Å². The van der Waals surface area contributed by atoms with Crippen LogP contribution in [0.25, 0.3) is 0 Å². The van der Waals surface area contributed by atoms with Gasteiger partial charge in [-0.2, -0.15) is 20.6 Å². The average molecular weight is 396 g/mol. The van der Waals surface area contributed by atoms with E-state index >= 15 is 0 Å². The molecule has 0 atom stereocenters. The molecule has 0 aliphatic carbocycles. The molecule has 10 nitrogen and oxygen atoms in total. The molecule has 0 aliphatic rings. The van der Waals surface area contributed by atoms with Gasteiger partial charge in [-0.05, 0) is 31.2 Å². The minimum atomic E-state index is 0.447. The second kappa shape index (κ2) is 9.60. The van der Waals surface area contributed by atoms with Crippen molar-refractivity contribution in [1.82, 2.24) is 19.7 Å². The normalized spacial score (nSPS) is 10.6. The Kier molecular flexibility index (Phi) is 6.69. The zero-order valence-corrected chi connectivity index (χ0v) is 16.7. The molecule has 2 N–H and O–H groups in total. The molecule has 0 bridgehead atoms. The summed E-state index contributed by atoms with van der Waals surface area (Å²) in [5, 5.41) is 12.4.